The Balaban J connectivity index is 1.36. The van der Waals surface area contributed by atoms with E-state index in [1.807, 2.05) is 31.3 Å². The second-order valence-electron chi connectivity index (χ2n) is 8.44. The van der Waals surface area contributed by atoms with Crippen LogP contribution in [0, 0.1) is 12.8 Å². The highest BCUT2D eigenvalue weighted by Gasteiger charge is 2.30. The Kier molecular flexibility index (Phi) is 4.94. The Bertz CT molecular complexity index is 1070. The van der Waals surface area contributed by atoms with Crippen molar-refractivity contribution in [2.45, 2.75) is 45.1 Å². The molecule has 1 saturated heterocycles. The summed E-state index contributed by atoms with van der Waals surface area (Å²) in [6, 6.07) is 6.26. The predicted molar refractivity (Wildman–Crippen MR) is 113 cm³/mol. The molecule has 8 nitrogen and oxygen atoms in total. The molecule has 158 valence electrons. The maximum atomic E-state index is 12.0. The molecule has 30 heavy (non-hydrogen) atoms. The van der Waals surface area contributed by atoms with E-state index in [0.717, 1.165) is 42.5 Å². The quantitative estimate of drug-likeness (QED) is 0.671. The standard InChI is InChI=1S/C22H27N5O3/c1-14-20(22(25-30-14)29-13-17-5-3-4-9-26(17)2)16-8-10-27-18(11-16)12-19(24-27)23-21(28)15-6-7-15/h8,10-12,15,17H,3-7,9,13H2,1-2H3,(H,23,24,28)/t17-/m1/s1. The molecule has 8 heteroatoms. The van der Waals surface area contributed by atoms with E-state index >= 15 is 0 Å². The lowest BCUT2D eigenvalue weighted by Crippen LogP contribution is -2.40. The maximum Gasteiger partial charge on any atom is 0.262 e. The number of amides is 1. The summed E-state index contributed by atoms with van der Waals surface area (Å²) < 4.78 is 13.3. The van der Waals surface area contributed by atoms with Crippen LogP contribution in [0.25, 0.3) is 16.6 Å². The van der Waals surface area contributed by atoms with Gasteiger partial charge in [0.2, 0.25) is 5.91 Å². The first-order valence-electron chi connectivity index (χ1n) is 10.7. The van der Waals surface area contributed by atoms with E-state index in [1.165, 1.54) is 12.8 Å². The van der Waals surface area contributed by atoms with Crippen LogP contribution in [0.1, 0.15) is 37.9 Å². The summed E-state index contributed by atoms with van der Waals surface area (Å²) in [7, 11) is 2.15. The zero-order valence-electron chi connectivity index (χ0n) is 17.4. The molecule has 3 aromatic rings. The number of likely N-dealkylation sites (tertiary alicyclic amines) is 1. The number of pyridine rings is 1. The van der Waals surface area contributed by atoms with Crippen LogP contribution in [-0.2, 0) is 4.79 Å². The first-order chi connectivity index (χ1) is 14.6. The molecule has 4 heterocycles. The molecule has 1 saturated carbocycles. The SMILES string of the molecule is Cc1onc(OC[C@H]2CCCCN2C)c1-c1ccn2nc(NC(=O)C3CC3)cc2c1. The van der Waals surface area contributed by atoms with Crippen molar-refractivity contribution in [2.75, 3.05) is 25.5 Å². The van der Waals surface area contributed by atoms with Gasteiger partial charge in [0.05, 0.1) is 11.1 Å². The van der Waals surface area contributed by atoms with Gasteiger partial charge in [-0.15, -0.1) is 0 Å². The molecular formula is C22H27N5O3. The molecule has 1 amide bonds. The summed E-state index contributed by atoms with van der Waals surface area (Å²) in [4.78, 5) is 14.4. The van der Waals surface area contributed by atoms with E-state index in [0.29, 0.717) is 30.1 Å². The fourth-order valence-corrected chi connectivity index (χ4v) is 4.09. The van der Waals surface area contributed by atoms with Crippen molar-refractivity contribution in [3.8, 4) is 17.0 Å². The van der Waals surface area contributed by atoms with Crippen molar-refractivity contribution in [1.82, 2.24) is 19.7 Å². The van der Waals surface area contributed by atoms with Gasteiger partial charge >= 0.3 is 0 Å². The molecule has 3 aromatic heterocycles. The first kappa shape index (κ1) is 19.1. The van der Waals surface area contributed by atoms with Crippen molar-refractivity contribution in [3.63, 3.8) is 0 Å². The number of aromatic nitrogens is 3. The van der Waals surface area contributed by atoms with E-state index in [1.54, 1.807) is 4.52 Å². The van der Waals surface area contributed by atoms with Crippen LogP contribution in [0.15, 0.2) is 28.9 Å². The molecule has 1 atom stereocenters. The third-order valence-electron chi connectivity index (χ3n) is 6.12. The first-order valence-corrected chi connectivity index (χ1v) is 10.7. The number of carbonyl (C=O) groups is 1. The summed E-state index contributed by atoms with van der Waals surface area (Å²) in [5, 5.41) is 11.5. The van der Waals surface area contributed by atoms with Gasteiger partial charge in [-0.1, -0.05) is 6.42 Å². The molecule has 1 aliphatic heterocycles. The van der Waals surface area contributed by atoms with Gasteiger partial charge in [-0.2, -0.15) is 5.10 Å². The lowest BCUT2D eigenvalue weighted by atomic mass is 10.0. The van der Waals surface area contributed by atoms with Crippen LogP contribution in [0.3, 0.4) is 0 Å². The number of anilines is 1. The minimum absolute atomic E-state index is 0.0527. The minimum atomic E-state index is 0.0527. The van der Waals surface area contributed by atoms with Crippen LogP contribution in [0.4, 0.5) is 5.82 Å². The topological polar surface area (TPSA) is 84.9 Å². The number of piperidine rings is 1. The largest absolute Gasteiger partial charge is 0.473 e. The lowest BCUT2D eigenvalue weighted by molar-refractivity contribution is -0.117. The van der Waals surface area contributed by atoms with Crippen molar-refractivity contribution >= 4 is 17.2 Å². The van der Waals surface area contributed by atoms with E-state index in [-0.39, 0.29) is 11.8 Å². The average molecular weight is 409 g/mol. The molecule has 0 bridgehead atoms. The fourth-order valence-electron chi connectivity index (χ4n) is 4.09. The van der Waals surface area contributed by atoms with Gasteiger partial charge in [-0.3, -0.25) is 4.79 Å². The lowest BCUT2D eigenvalue weighted by Gasteiger charge is -2.31. The van der Waals surface area contributed by atoms with Gasteiger partial charge < -0.3 is 19.5 Å². The number of fused-ring (bicyclic) bond motifs is 1. The van der Waals surface area contributed by atoms with Gasteiger partial charge in [-0.25, -0.2) is 4.52 Å². The number of hydrogen-bond donors (Lipinski definition) is 1. The summed E-state index contributed by atoms with van der Waals surface area (Å²) in [5.41, 5.74) is 2.70. The molecule has 5 rings (SSSR count). The molecule has 0 spiro atoms. The number of likely N-dealkylation sites (N-methyl/N-ethyl adjacent to an activating group) is 1. The Hall–Kier alpha value is -2.87. The van der Waals surface area contributed by atoms with Gasteiger partial charge in [0.15, 0.2) is 5.82 Å². The van der Waals surface area contributed by atoms with Crippen molar-refractivity contribution in [3.05, 3.63) is 30.2 Å². The average Bonchev–Trinajstić information content (AvgIpc) is 3.42. The molecule has 0 aromatic carbocycles. The molecular weight excluding hydrogens is 382 g/mol. The summed E-state index contributed by atoms with van der Waals surface area (Å²) in [6.45, 7) is 3.60. The summed E-state index contributed by atoms with van der Waals surface area (Å²) in [5.74, 6) is 2.01. The van der Waals surface area contributed by atoms with E-state index in [2.05, 4.69) is 27.5 Å². The highest BCUT2D eigenvalue weighted by Crippen LogP contribution is 2.34. The van der Waals surface area contributed by atoms with E-state index in [9.17, 15) is 4.79 Å². The van der Waals surface area contributed by atoms with Crippen LogP contribution in [-0.4, -0.2) is 51.8 Å². The Morgan fingerprint density at radius 2 is 2.17 bits per heavy atom. The number of carbonyl (C=O) groups excluding carboxylic acids is 1. The molecule has 1 N–H and O–H groups in total. The molecule has 2 fully saturated rings. The van der Waals surface area contributed by atoms with Crippen LogP contribution >= 0.6 is 0 Å². The Morgan fingerprint density at radius 3 is 2.97 bits per heavy atom. The van der Waals surface area contributed by atoms with E-state index in [4.69, 9.17) is 9.26 Å². The van der Waals surface area contributed by atoms with Crippen molar-refractivity contribution < 1.29 is 14.1 Å². The number of rotatable bonds is 6. The van der Waals surface area contributed by atoms with Crippen LogP contribution in [0.5, 0.6) is 5.88 Å². The monoisotopic (exact) mass is 409 g/mol. The zero-order chi connectivity index (χ0) is 20.7. The number of ether oxygens (including phenoxy) is 1. The maximum absolute atomic E-state index is 12.0. The summed E-state index contributed by atoms with van der Waals surface area (Å²) >= 11 is 0. The highest BCUT2D eigenvalue weighted by atomic mass is 16.5. The highest BCUT2D eigenvalue weighted by molar-refractivity contribution is 5.93. The van der Waals surface area contributed by atoms with Gasteiger partial charge in [0.25, 0.3) is 5.88 Å². The van der Waals surface area contributed by atoms with Gasteiger partial charge in [0.1, 0.15) is 12.4 Å². The normalized spacial score (nSPS) is 19.9. The molecule has 0 radical (unpaired) electrons. The number of aryl methyl sites for hydroxylation is 1. The molecule has 2 aliphatic rings. The van der Waals surface area contributed by atoms with Crippen molar-refractivity contribution in [2.24, 2.45) is 5.92 Å². The predicted octanol–water partition coefficient (Wildman–Crippen LogP) is 3.51. The third kappa shape index (κ3) is 3.79. The van der Waals surface area contributed by atoms with Gasteiger partial charge in [-0.05, 0) is 69.1 Å². The minimum Gasteiger partial charge on any atom is -0.473 e. The van der Waals surface area contributed by atoms with Crippen molar-refractivity contribution in [1.29, 1.82) is 0 Å². The fraction of sp³-hybridized carbons (Fsp3) is 0.500. The number of nitrogens with zero attached hydrogens (tertiary/aromatic N) is 4. The Labute approximate surface area is 175 Å². The van der Waals surface area contributed by atoms with Crippen LogP contribution in [0.2, 0.25) is 0 Å². The van der Waals surface area contributed by atoms with E-state index < -0.39 is 0 Å². The summed E-state index contributed by atoms with van der Waals surface area (Å²) in [6.07, 6.45) is 7.43. The third-order valence-corrected chi connectivity index (χ3v) is 6.12. The zero-order valence-corrected chi connectivity index (χ0v) is 17.4. The number of nitrogens with one attached hydrogen (secondary N) is 1. The van der Waals surface area contributed by atoms with Gasteiger partial charge in [0, 0.05) is 24.2 Å². The molecule has 0 unspecified atom stereocenters. The molecule has 1 aliphatic carbocycles. The van der Waals surface area contributed by atoms with Crippen LogP contribution < -0.4 is 10.1 Å². The second kappa shape index (κ2) is 7.75. The second-order valence-corrected chi connectivity index (χ2v) is 8.44. The smallest absolute Gasteiger partial charge is 0.262 e. The Morgan fingerprint density at radius 1 is 1.30 bits per heavy atom. The number of hydrogen-bond acceptors (Lipinski definition) is 6.